The van der Waals surface area contributed by atoms with Gasteiger partial charge in [0.05, 0.1) is 16.0 Å². The van der Waals surface area contributed by atoms with Gasteiger partial charge in [0.1, 0.15) is 4.83 Å². The first-order valence-electron chi connectivity index (χ1n) is 8.03. The van der Waals surface area contributed by atoms with Crippen molar-refractivity contribution in [1.29, 1.82) is 0 Å². The van der Waals surface area contributed by atoms with Crippen LogP contribution in [0.4, 0.5) is 11.4 Å². The zero-order valence-electron chi connectivity index (χ0n) is 14.2. The Hall–Kier alpha value is -4.03. The van der Waals surface area contributed by atoms with Crippen molar-refractivity contribution in [3.63, 3.8) is 0 Å². The second-order valence-electron chi connectivity index (χ2n) is 5.71. The number of nitro benzene ring substituents is 1. The van der Waals surface area contributed by atoms with Gasteiger partial charge in [0.15, 0.2) is 11.5 Å². The van der Waals surface area contributed by atoms with Gasteiger partial charge >= 0.3 is 0 Å². The van der Waals surface area contributed by atoms with Crippen LogP contribution in [0, 0.1) is 22.5 Å². The Morgan fingerprint density at radius 3 is 2.71 bits per heavy atom. The number of terminal acetylenes is 1. The fourth-order valence-electron chi connectivity index (χ4n) is 2.67. The third-order valence-corrected chi connectivity index (χ3v) is 5.05. The molecule has 8 nitrogen and oxygen atoms in total. The van der Waals surface area contributed by atoms with Gasteiger partial charge in [-0.2, -0.15) is 5.10 Å². The number of non-ortho nitro benzene ring substituents is 1. The number of nitro groups is 1. The second-order valence-corrected chi connectivity index (χ2v) is 6.74. The summed E-state index contributed by atoms with van der Waals surface area (Å²) >= 11 is 1.40. The van der Waals surface area contributed by atoms with Crippen LogP contribution < -0.4 is 11.0 Å². The number of fused-ring (bicyclic) bond motifs is 3. The van der Waals surface area contributed by atoms with Gasteiger partial charge in [-0.15, -0.1) is 17.8 Å². The molecule has 2 aromatic carbocycles. The van der Waals surface area contributed by atoms with E-state index in [2.05, 4.69) is 26.4 Å². The van der Waals surface area contributed by atoms with Gasteiger partial charge in [-0.3, -0.25) is 20.3 Å². The number of benzene rings is 2. The summed E-state index contributed by atoms with van der Waals surface area (Å²) in [6.07, 6.45) is 5.53. The van der Waals surface area contributed by atoms with Crippen molar-refractivity contribution < 1.29 is 4.92 Å². The minimum absolute atomic E-state index is 0.0343. The summed E-state index contributed by atoms with van der Waals surface area (Å²) in [5, 5.41) is 16.2. The SMILES string of the molecule is C#C/C(=N\Nc1ccc([N+](=O)[O-])cc1)c1nc2sc3ccccc3c2c(=O)[nH]1. The van der Waals surface area contributed by atoms with E-state index < -0.39 is 4.92 Å². The Bertz CT molecular complexity index is 1350. The monoisotopic (exact) mass is 389 g/mol. The molecule has 0 saturated heterocycles. The average molecular weight is 389 g/mol. The quantitative estimate of drug-likeness (QED) is 0.240. The van der Waals surface area contributed by atoms with E-state index in [-0.39, 0.29) is 22.8 Å². The molecule has 0 amide bonds. The lowest BCUT2D eigenvalue weighted by Gasteiger charge is -2.02. The van der Waals surface area contributed by atoms with Gasteiger partial charge in [-0.1, -0.05) is 18.2 Å². The summed E-state index contributed by atoms with van der Waals surface area (Å²) in [7, 11) is 0. The normalized spacial score (nSPS) is 11.5. The van der Waals surface area contributed by atoms with E-state index >= 15 is 0 Å². The molecule has 0 atom stereocenters. The first-order valence-corrected chi connectivity index (χ1v) is 8.85. The van der Waals surface area contributed by atoms with E-state index in [0.29, 0.717) is 15.9 Å². The molecule has 2 heterocycles. The zero-order valence-corrected chi connectivity index (χ0v) is 15.0. The summed E-state index contributed by atoms with van der Waals surface area (Å²) in [5.74, 6) is 2.56. The summed E-state index contributed by atoms with van der Waals surface area (Å²) in [6, 6.07) is 13.2. The van der Waals surface area contributed by atoms with Crippen LogP contribution in [0.3, 0.4) is 0 Å². The third-order valence-electron chi connectivity index (χ3n) is 3.99. The maximum Gasteiger partial charge on any atom is 0.269 e. The van der Waals surface area contributed by atoms with Gasteiger partial charge < -0.3 is 4.98 Å². The largest absolute Gasteiger partial charge is 0.304 e. The van der Waals surface area contributed by atoms with Crippen LogP contribution in [0.1, 0.15) is 5.82 Å². The molecular weight excluding hydrogens is 378 g/mol. The van der Waals surface area contributed by atoms with Crippen LogP contribution in [0.15, 0.2) is 58.4 Å². The molecule has 0 aliphatic carbocycles. The highest BCUT2D eigenvalue weighted by molar-refractivity contribution is 7.25. The number of hydrazone groups is 1. The number of nitrogens with one attached hydrogen (secondary N) is 2. The van der Waals surface area contributed by atoms with Gasteiger partial charge in [0.25, 0.3) is 11.2 Å². The summed E-state index contributed by atoms with van der Waals surface area (Å²) in [5.41, 5.74) is 3.00. The summed E-state index contributed by atoms with van der Waals surface area (Å²) < 4.78 is 0.954. The number of hydrogen-bond donors (Lipinski definition) is 2. The van der Waals surface area contributed by atoms with Crippen molar-refractivity contribution in [2.75, 3.05) is 5.43 Å². The van der Waals surface area contributed by atoms with Crippen molar-refractivity contribution in [2.24, 2.45) is 5.10 Å². The van der Waals surface area contributed by atoms with E-state index in [0.717, 1.165) is 10.1 Å². The highest BCUT2D eigenvalue weighted by Gasteiger charge is 2.13. The van der Waals surface area contributed by atoms with Crippen molar-refractivity contribution in [3.05, 3.63) is 74.8 Å². The average Bonchev–Trinajstić information content (AvgIpc) is 3.07. The van der Waals surface area contributed by atoms with Crippen LogP contribution in [0.5, 0.6) is 0 Å². The number of aromatic amines is 1. The van der Waals surface area contributed by atoms with E-state index in [9.17, 15) is 14.9 Å². The molecule has 0 spiro atoms. The second kappa shape index (κ2) is 6.94. The van der Waals surface area contributed by atoms with Gasteiger partial charge in [-0.05, 0) is 24.1 Å². The standard InChI is InChI=1S/C19H11N5O3S/c1-2-14(23-22-11-7-9-12(10-8-11)24(26)27)17-20-18(25)16-13-5-3-4-6-15(13)28-19(16)21-17/h1,3-10,22H,(H,20,21,25)/b23-14+. The molecule has 0 saturated carbocycles. The molecule has 0 aliphatic rings. The molecule has 0 radical (unpaired) electrons. The molecule has 4 rings (SSSR count). The predicted molar refractivity (Wildman–Crippen MR) is 110 cm³/mol. The lowest BCUT2D eigenvalue weighted by molar-refractivity contribution is -0.384. The lowest BCUT2D eigenvalue weighted by Crippen LogP contribution is -2.15. The van der Waals surface area contributed by atoms with Crippen LogP contribution >= 0.6 is 11.3 Å². The maximum atomic E-state index is 12.6. The number of rotatable bonds is 4. The van der Waals surface area contributed by atoms with E-state index in [1.54, 1.807) is 0 Å². The van der Waals surface area contributed by atoms with Crippen LogP contribution in [0.2, 0.25) is 0 Å². The van der Waals surface area contributed by atoms with Crippen molar-refractivity contribution in [1.82, 2.24) is 9.97 Å². The molecule has 9 heteroatoms. The number of H-pyrrole nitrogens is 1. The van der Waals surface area contributed by atoms with Crippen LogP contribution in [-0.4, -0.2) is 20.6 Å². The number of nitrogens with zero attached hydrogens (tertiary/aromatic N) is 3. The topological polar surface area (TPSA) is 113 Å². The minimum Gasteiger partial charge on any atom is -0.304 e. The molecule has 2 aromatic heterocycles. The molecule has 4 aromatic rings. The Morgan fingerprint density at radius 2 is 2.00 bits per heavy atom. The molecular formula is C19H11N5O3S. The lowest BCUT2D eigenvalue weighted by atomic mass is 10.2. The zero-order chi connectivity index (χ0) is 19.7. The highest BCUT2D eigenvalue weighted by atomic mass is 32.1. The third kappa shape index (κ3) is 3.08. The van der Waals surface area contributed by atoms with E-state index in [1.165, 1.54) is 35.6 Å². The fourth-order valence-corrected chi connectivity index (χ4v) is 3.75. The Morgan fingerprint density at radius 1 is 1.25 bits per heavy atom. The highest BCUT2D eigenvalue weighted by Crippen LogP contribution is 2.29. The van der Waals surface area contributed by atoms with Crippen molar-refractivity contribution in [3.8, 4) is 12.3 Å². The minimum atomic E-state index is -0.491. The molecule has 136 valence electrons. The van der Waals surface area contributed by atoms with Gasteiger partial charge in [0, 0.05) is 22.2 Å². The van der Waals surface area contributed by atoms with Crippen molar-refractivity contribution in [2.45, 2.75) is 0 Å². The number of thiophene rings is 1. The molecule has 0 fully saturated rings. The fraction of sp³-hybridized carbons (Fsp3) is 0. The van der Waals surface area contributed by atoms with Crippen LogP contribution in [-0.2, 0) is 0 Å². The van der Waals surface area contributed by atoms with Gasteiger partial charge in [0.2, 0.25) is 0 Å². The number of anilines is 1. The Balaban J connectivity index is 1.71. The number of hydrogen-bond acceptors (Lipinski definition) is 7. The molecule has 2 N–H and O–H groups in total. The summed E-state index contributed by atoms with van der Waals surface area (Å²) in [4.78, 5) is 30.5. The molecule has 0 aliphatic heterocycles. The van der Waals surface area contributed by atoms with E-state index in [1.807, 2.05) is 24.3 Å². The van der Waals surface area contributed by atoms with Crippen LogP contribution in [0.25, 0.3) is 20.3 Å². The first-order chi connectivity index (χ1) is 13.6. The maximum absolute atomic E-state index is 12.6. The predicted octanol–water partition coefficient (Wildman–Crippen LogP) is 3.50. The molecule has 0 bridgehead atoms. The smallest absolute Gasteiger partial charge is 0.269 e. The van der Waals surface area contributed by atoms with Crippen molar-refractivity contribution >= 4 is 48.7 Å². The Kier molecular flexibility index (Phi) is 4.31. The number of aromatic nitrogens is 2. The van der Waals surface area contributed by atoms with Gasteiger partial charge in [-0.25, -0.2) is 4.98 Å². The summed E-state index contributed by atoms with van der Waals surface area (Å²) in [6.45, 7) is 0. The first kappa shape index (κ1) is 17.4. The molecule has 28 heavy (non-hydrogen) atoms. The van der Waals surface area contributed by atoms with E-state index in [4.69, 9.17) is 6.42 Å². The Labute approximate surface area is 161 Å². The molecule has 0 unspecified atom stereocenters.